The van der Waals surface area contributed by atoms with Crippen LogP contribution in [0.4, 0.5) is 0 Å². The van der Waals surface area contributed by atoms with Crippen molar-refractivity contribution in [3.05, 3.63) is 47.0 Å². The summed E-state index contributed by atoms with van der Waals surface area (Å²) in [7, 11) is 1.60. The predicted octanol–water partition coefficient (Wildman–Crippen LogP) is 2.86. The molecule has 1 amide bonds. The fraction of sp³-hybridized carbons (Fsp3) is 0.333. The second kappa shape index (κ2) is 7.83. The number of ether oxygens (including phenoxy) is 1. The smallest absolute Gasteiger partial charge is 0.251 e. The van der Waals surface area contributed by atoms with E-state index in [-0.39, 0.29) is 5.91 Å². The molecular formula is C15H18BrN3O2. The number of benzene rings is 1. The Kier molecular flexibility index (Phi) is 5.80. The van der Waals surface area contributed by atoms with Gasteiger partial charge in [-0.1, -0.05) is 0 Å². The number of amides is 1. The Morgan fingerprint density at radius 1 is 1.43 bits per heavy atom. The van der Waals surface area contributed by atoms with Crippen LogP contribution in [0, 0.1) is 0 Å². The molecule has 0 atom stereocenters. The van der Waals surface area contributed by atoms with Gasteiger partial charge in [0.2, 0.25) is 0 Å². The number of aromatic nitrogens is 2. The number of aryl methyl sites for hydroxylation is 1. The molecule has 21 heavy (non-hydrogen) atoms. The van der Waals surface area contributed by atoms with E-state index in [1.807, 2.05) is 10.8 Å². The maximum absolute atomic E-state index is 12.0. The van der Waals surface area contributed by atoms with Crippen LogP contribution in [0.5, 0.6) is 5.75 Å². The van der Waals surface area contributed by atoms with Gasteiger partial charge in [-0.3, -0.25) is 4.79 Å². The number of nitrogens with zero attached hydrogens (tertiary/aromatic N) is 2. The molecule has 6 heteroatoms. The average Bonchev–Trinajstić information content (AvgIpc) is 3.00. The van der Waals surface area contributed by atoms with Gasteiger partial charge in [-0.05, 0) is 47.0 Å². The minimum Gasteiger partial charge on any atom is -0.496 e. The van der Waals surface area contributed by atoms with Gasteiger partial charge in [-0.25, -0.2) is 4.98 Å². The molecule has 0 spiro atoms. The Morgan fingerprint density at radius 3 is 2.95 bits per heavy atom. The normalized spacial score (nSPS) is 10.4. The summed E-state index contributed by atoms with van der Waals surface area (Å²) in [5, 5.41) is 2.92. The SMILES string of the molecule is COc1ccc(C(=O)NCCCCn2ccnc2)cc1Br. The quantitative estimate of drug-likeness (QED) is 0.780. The Bertz CT molecular complexity index is 585. The fourth-order valence-corrected chi connectivity index (χ4v) is 2.49. The molecule has 112 valence electrons. The van der Waals surface area contributed by atoms with E-state index in [4.69, 9.17) is 4.74 Å². The molecule has 0 bridgehead atoms. The largest absolute Gasteiger partial charge is 0.496 e. The highest BCUT2D eigenvalue weighted by molar-refractivity contribution is 9.10. The second-order valence-electron chi connectivity index (χ2n) is 4.61. The molecule has 1 aromatic carbocycles. The first kappa shape index (κ1) is 15.6. The molecule has 0 aliphatic heterocycles. The second-order valence-corrected chi connectivity index (χ2v) is 5.47. The van der Waals surface area contributed by atoms with Crippen molar-refractivity contribution in [2.75, 3.05) is 13.7 Å². The number of nitrogens with one attached hydrogen (secondary N) is 1. The van der Waals surface area contributed by atoms with E-state index < -0.39 is 0 Å². The summed E-state index contributed by atoms with van der Waals surface area (Å²) in [6.07, 6.45) is 7.44. The van der Waals surface area contributed by atoms with Crippen LogP contribution in [0.15, 0.2) is 41.4 Å². The van der Waals surface area contributed by atoms with E-state index in [1.165, 1.54) is 0 Å². The zero-order chi connectivity index (χ0) is 15.1. The molecule has 5 nitrogen and oxygen atoms in total. The summed E-state index contributed by atoms with van der Waals surface area (Å²) in [5.41, 5.74) is 0.622. The van der Waals surface area contributed by atoms with Gasteiger partial charge in [-0.2, -0.15) is 0 Å². The molecule has 0 unspecified atom stereocenters. The molecule has 0 saturated heterocycles. The van der Waals surface area contributed by atoms with E-state index in [2.05, 4.69) is 26.2 Å². The molecule has 1 heterocycles. The van der Waals surface area contributed by atoms with Crippen LogP contribution in [-0.2, 0) is 6.54 Å². The van der Waals surface area contributed by atoms with E-state index in [0.29, 0.717) is 17.9 Å². The van der Waals surface area contributed by atoms with Crippen molar-refractivity contribution < 1.29 is 9.53 Å². The Morgan fingerprint density at radius 2 is 2.29 bits per heavy atom. The minimum atomic E-state index is -0.0685. The van der Waals surface area contributed by atoms with Gasteiger partial charge in [0.1, 0.15) is 5.75 Å². The summed E-state index contributed by atoms with van der Waals surface area (Å²) in [6.45, 7) is 1.58. The molecule has 0 aliphatic carbocycles. The van der Waals surface area contributed by atoms with Gasteiger partial charge >= 0.3 is 0 Å². The predicted molar refractivity (Wildman–Crippen MR) is 84.5 cm³/mol. The Hall–Kier alpha value is -1.82. The van der Waals surface area contributed by atoms with Crippen LogP contribution in [0.1, 0.15) is 23.2 Å². The van der Waals surface area contributed by atoms with Crippen LogP contribution in [-0.4, -0.2) is 29.1 Å². The standard InChI is InChI=1S/C15H18BrN3O2/c1-21-14-5-4-12(10-13(14)16)15(20)18-6-2-3-8-19-9-7-17-11-19/h4-5,7,9-11H,2-3,6,8H2,1H3,(H,18,20). The van der Waals surface area contributed by atoms with Crippen LogP contribution in [0.25, 0.3) is 0 Å². The van der Waals surface area contributed by atoms with Gasteiger partial charge in [0.15, 0.2) is 0 Å². The maximum atomic E-state index is 12.0. The van der Waals surface area contributed by atoms with Crippen LogP contribution in [0.3, 0.4) is 0 Å². The fourth-order valence-electron chi connectivity index (χ4n) is 1.95. The van der Waals surface area contributed by atoms with E-state index in [9.17, 15) is 4.79 Å². The maximum Gasteiger partial charge on any atom is 0.251 e. The van der Waals surface area contributed by atoms with E-state index in [1.54, 1.807) is 37.8 Å². The average molecular weight is 352 g/mol. The number of carbonyl (C=O) groups excluding carboxylic acids is 1. The van der Waals surface area contributed by atoms with Gasteiger partial charge in [0.05, 0.1) is 17.9 Å². The minimum absolute atomic E-state index is 0.0685. The number of hydrogen-bond donors (Lipinski definition) is 1. The third kappa shape index (κ3) is 4.60. The first-order valence-electron chi connectivity index (χ1n) is 6.78. The monoisotopic (exact) mass is 351 g/mol. The van der Waals surface area contributed by atoms with E-state index >= 15 is 0 Å². The van der Waals surface area contributed by atoms with Crippen molar-refractivity contribution in [2.24, 2.45) is 0 Å². The first-order valence-corrected chi connectivity index (χ1v) is 7.57. The lowest BCUT2D eigenvalue weighted by Gasteiger charge is -2.08. The van der Waals surface area contributed by atoms with Crippen molar-refractivity contribution in [3.8, 4) is 5.75 Å². The van der Waals surface area contributed by atoms with E-state index in [0.717, 1.165) is 23.9 Å². The number of halogens is 1. The summed E-state index contributed by atoms with van der Waals surface area (Å²) in [6, 6.07) is 5.29. The lowest BCUT2D eigenvalue weighted by Crippen LogP contribution is -2.24. The van der Waals surface area contributed by atoms with Crippen molar-refractivity contribution in [3.63, 3.8) is 0 Å². The first-order chi connectivity index (χ1) is 10.2. The molecule has 1 aromatic heterocycles. The molecule has 0 radical (unpaired) electrons. The number of imidazole rings is 1. The molecule has 1 N–H and O–H groups in total. The van der Waals surface area contributed by atoms with Gasteiger partial charge < -0.3 is 14.6 Å². The van der Waals surface area contributed by atoms with Crippen molar-refractivity contribution in [1.82, 2.24) is 14.9 Å². The molecule has 2 rings (SSSR count). The van der Waals surface area contributed by atoms with Crippen LogP contribution in [0.2, 0.25) is 0 Å². The molecule has 0 fully saturated rings. The molecular weight excluding hydrogens is 334 g/mol. The number of methoxy groups -OCH3 is 1. The van der Waals surface area contributed by atoms with Crippen LogP contribution >= 0.6 is 15.9 Å². The Balaban J connectivity index is 1.73. The van der Waals surface area contributed by atoms with Gasteiger partial charge in [0.25, 0.3) is 5.91 Å². The van der Waals surface area contributed by atoms with Gasteiger partial charge in [0, 0.05) is 31.0 Å². The lowest BCUT2D eigenvalue weighted by molar-refractivity contribution is 0.0953. The third-order valence-corrected chi connectivity index (χ3v) is 3.72. The lowest BCUT2D eigenvalue weighted by atomic mass is 10.2. The highest BCUT2D eigenvalue weighted by Gasteiger charge is 2.08. The van der Waals surface area contributed by atoms with Crippen molar-refractivity contribution in [2.45, 2.75) is 19.4 Å². The zero-order valence-corrected chi connectivity index (χ0v) is 13.5. The summed E-state index contributed by atoms with van der Waals surface area (Å²) < 4.78 is 7.95. The third-order valence-electron chi connectivity index (χ3n) is 3.10. The highest BCUT2D eigenvalue weighted by Crippen LogP contribution is 2.25. The van der Waals surface area contributed by atoms with Crippen molar-refractivity contribution in [1.29, 1.82) is 0 Å². The molecule has 0 aliphatic rings. The van der Waals surface area contributed by atoms with Crippen LogP contribution < -0.4 is 10.1 Å². The summed E-state index contributed by atoms with van der Waals surface area (Å²) in [5.74, 6) is 0.646. The number of carbonyl (C=O) groups is 1. The molecule has 2 aromatic rings. The summed E-state index contributed by atoms with van der Waals surface area (Å²) in [4.78, 5) is 16.0. The number of rotatable bonds is 7. The van der Waals surface area contributed by atoms with Gasteiger partial charge in [-0.15, -0.1) is 0 Å². The van der Waals surface area contributed by atoms with Crippen molar-refractivity contribution >= 4 is 21.8 Å². The molecule has 0 saturated carbocycles. The Labute approximate surface area is 132 Å². The summed E-state index contributed by atoms with van der Waals surface area (Å²) >= 11 is 3.38. The highest BCUT2D eigenvalue weighted by atomic mass is 79.9. The zero-order valence-electron chi connectivity index (χ0n) is 11.9. The number of hydrogen-bond acceptors (Lipinski definition) is 3. The number of unbranched alkanes of at least 4 members (excludes halogenated alkanes) is 1. The topological polar surface area (TPSA) is 56.1 Å².